The number of carbonyl (C=O) groups is 1. The lowest BCUT2D eigenvalue weighted by Crippen LogP contribution is -2.47. The minimum absolute atomic E-state index is 0.256. The van der Waals surface area contributed by atoms with Crippen LogP contribution in [-0.2, 0) is 4.79 Å². The molecule has 0 spiro atoms. The van der Waals surface area contributed by atoms with Crippen LogP contribution in [0, 0.1) is 17.1 Å². The molecule has 2 heterocycles. The molecule has 1 N–H and O–H groups in total. The first-order valence-corrected chi connectivity index (χ1v) is 11.8. The fourth-order valence-electron chi connectivity index (χ4n) is 4.19. The fourth-order valence-corrected chi connectivity index (χ4v) is 4.19. The number of nitrogens with one attached hydrogen (secondary N) is 1. The van der Waals surface area contributed by atoms with E-state index in [9.17, 15) is 14.4 Å². The molecule has 4 rings (SSSR count). The Hall–Kier alpha value is -3.73. The number of unbranched alkanes of at least 4 members (excludes halogenated alkanes) is 2. The Kier molecular flexibility index (Phi) is 7.53. The maximum atomic E-state index is 13.3. The molecule has 1 aliphatic rings. The van der Waals surface area contributed by atoms with Crippen LogP contribution in [0.25, 0.3) is 11.0 Å². The highest BCUT2D eigenvalue weighted by atomic mass is 19.1. The third-order valence-corrected chi connectivity index (χ3v) is 6.09. The molecule has 34 heavy (non-hydrogen) atoms. The third kappa shape index (κ3) is 5.25. The van der Waals surface area contributed by atoms with E-state index in [0.29, 0.717) is 49.8 Å². The number of fused-ring (bicyclic) bond motifs is 1. The number of nitrogens with zero attached hydrogens (tertiary/aromatic N) is 5. The highest BCUT2D eigenvalue weighted by Gasteiger charge is 2.30. The molecule has 1 fully saturated rings. The van der Waals surface area contributed by atoms with Gasteiger partial charge in [-0.05, 0) is 42.8 Å². The second kappa shape index (κ2) is 10.9. The molecule has 2 aromatic carbocycles. The molecule has 176 valence electrons. The lowest BCUT2D eigenvalue weighted by atomic mass is 10.0. The van der Waals surface area contributed by atoms with E-state index in [1.54, 1.807) is 12.1 Å². The Balaban J connectivity index is 1.59. The molecule has 0 unspecified atom stereocenters. The molecular formula is C26H29FN6O. The van der Waals surface area contributed by atoms with Crippen molar-refractivity contribution in [1.29, 1.82) is 5.26 Å². The van der Waals surface area contributed by atoms with E-state index in [-0.39, 0.29) is 11.7 Å². The molecule has 0 saturated carbocycles. The summed E-state index contributed by atoms with van der Waals surface area (Å²) in [5, 5.41) is 12.8. The Morgan fingerprint density at radius 2 is 1.68 bits per heavy atom. The summed E-state index contributed by atoms with van der Waals surface area (Å²) in [6, 6.07) is 16.1. The molecule has 1 aromatic heterocycles. The maximum absolute atomic E-state index is 13.3. The first-order valence-electron chi connectivity index (χ1n) is 11.8. The van der Waals surface area contributed by atoms with Gasteiger partial charge in [0.25, 0.3) is 0 Å². The Labute approximate surface area is 199 Å². The summed E-state index contributed by atoms with van der Waals surface area (Å²) in [4.78, 5) is 26.8. The molecule has 7 nitrogen and oxygen atoms in total. The van der Waals surface area contributed by atoms with E-state index >= 15 is 0 Å². The summed E-state index contributed by atoms with van der Waals surface area (Å²) in [5.74, 6) is -1.06. The van der Waals surface area contributed by atoms with E-state index in [1.807, 2.05) is 24.3 Å². The number of nitriles is 1. The summed E-state index contributed by atoms with van der Waals surface area (Å²) < 4.78 is 13.3. The number of anilines is 2. The lowest BCUT2D eigenvalue weighted by Gasteiger charge is -2.37. The maximum Gasteiger partial charge on any atom is 0.243 e. The van der Waals surface area contributed by atoms with Crippen LogP contribution in [0.15, 0.2) is 48.5 Å². The van der Waals surface area contributed by atoms with E-state index < -0.39 is 5.92 Å². The molecule has 0 bridgehead atoms. The zero-order valence-electron chi connectivity index (χ0n) is 19.4. The topological polar surface area (TPSA) is 85.1 Å². The smallest absolute Gasteiger partial charge is 0.243 e. The van der Waals surface area contributed by atoms with Gasteiger partial charge < -0.3 is 15.1 Å². The van der Waals surface area contributed by atoms with E-state index in [1.165, 1.54) is 12.1 Å². The fraction of sp³-hybridized carbons (Fsp3) is 0.385. The molecule has 0 radical (unpaired) electrons. The van der Waals surface area contributed by atoms with Gasteiger partial charge in [0.05, 0.1) is 17.1 Å². The highest BCUT2D eigenvalue weighted by molar-refractivity contribution is 5.88. The standard InChI is InChI=1S/C26H29FN6O/c1-2-3-6-13-29-26(34)21(18-28)24-25(31-23-8-5-4-7-22(23)30-24)33-16-14-32(15-17-33)20-11-9-19(27)10-12-20/h4-5,7-12,21H,2-3,6,13-17H2,1H3,(H,29,34)/t21-/m0/s1. The average Bonchev–Trinajstić information content (AvgIpc) is 2.87. The number of rotatable bonds is 8. The second-order valence-electron chi connectivity index (χ2n) is 8.43. The molecule has 1 atom stereocenters. The minimum atomic E-state index is -1.04. The largest absolute Gasteiger partial charge is 0.368 e. The Morgan fingerprint density at radius 3 is 2.32 bits per heavy atom. The van der Waals surface area contributed by atoms with Gasteiger partial charge in [-0.1, -0.05) is 31.9 Å². The zero-order valence-corrected chi connectivity index (χ0v) is 19.4. The number of halogens is 1. The minimum Gasteiger partial charge on any atom is -0.368 e. The van der Waals surface area contributed by atoms with Gasteiger partial charge in [-0.25, -0.2) is 14.4 Å². The molecule has 1 amide bonds. The number of carbonyl (C=O) groups excluding carboxylic acids is 1. The predicted octanol–water partition coefficient (Wildman–Crippen LogP) is 4.01. The van der Waals surface area contributed by atoms with Crippen LogP contribution in [0.1, 0.15) is 37.8 Å². The normalized spacial score (nSPS) is 14.6. The van der Waals surface area contributed by atoms with E-state index in [2.05, 4.69) is 28.1 Å². The van der Waals surface area contributed by atoms with Crippen molar-refractivity contribution in [3.8, 4) is 6.07 Å². The van der Waals surface area contributed by atoms with Gasteiger partial charge in [0.15, 0.2) is 11.7 Å². The highest BCUT2D eigenvalue weighted by Crippen LogP contribution is 2.29. The van der Waals surface area contributed by atoms with Crippen LogP contribution >= 0.6 is 0 Å². The summed E-state index contributed by atoms with van der Waals surface area (Å²) in [5.41, 5.74) is 2.74. The molecule has 3 aromatic rings. The third-order valence-electron chi connectivity index (χ3n) is 6.09. The summed E-state index contributed by atoms with van der Waals surface area (Å²) in [6.45, 7) is 5.35. The summed E-state index contributed by atoms with van der Waals surface area (Å²) in [6.07, 6.45) is 2.96. The summed E-state index contributed by atoms with van der Waals surface area (Å²) in [7, 11) is 0. The number of para-hydroxylation sites is 2. The Morgan fingerprint density at radius 1 is 1.03 bits per heavy atom. The number of amides is 1. The van der Waals surface area contributed by atoms with Gasteiger partial charge in [-0.3, -0.25) is 4.79 Å². The lowest BCUT2D eigenvalue weighted by molar-refractivity contribution is -0.121. The van der Waals surface area contributed by atoms with Crippen LogP contribution < -0.4 is 15.1 Å². The average molecular weight is 461 g/mol. The van der Waals surface area contributed by atoms with Crippen molar-refractivity contribution in [3.05, 3.63) is 60.0 Å². The summed E-state index contributed by atoms with van der Waals surface area (Å²) >= 11 is 0. The van der Waals surface area contributed by atoms with Crippen molar-refractivity contribution >= 4 is 28.4 Å². The van der Waals surface area contributed by atoms with Crippen LogP contribution in [0.3, 0.4) is 0 Å². The molecule has 1 saturated heterocycles. The van der Waals surface area contributed by atoms with E-state index in [0.717, 1.165) is 30.5 Å². The van der Waals surface area contributed by atoms with Crippen LogP contribution in [0.5, 0.6) is 0 Å². The second-order valence-corrected chi connectivity index (χ2v) is 8.43. The predicted molar refractivity (Wildman–Crippen MR) is 131 cm³/mol. The monoisotopic (exact) mass is 460 g/mol. The van der Waals surface area contributed by atoms with Gasteiger partial charge in [0, 0.05) is 38.4 Å². The molecule has 0 aliphatic carbocycles. The van der Waals surface area contributed by atoms with Crippen molar-refractivity contribution < 1.29 is 9.18 Å². The van der Waals surface area contributed by atoms with Crippen molar-refractivity contribution in [2.24, 2.45) is 0 Å². The number of hydrogen-bond acceptors (Lipinski definition) is 6. The zero-order chi connectivity index (χ0) is 23.9. The van der Waals surface area contributed by atoms with Crippen molar-refractivity contribution in [1.82, 2.24) is 15.3 Å². The molecule has 1 aliphatic heterocycles. The Bertz CT molecular complexity index is 1170. The molecular weight excluding hydrogens is 431 g/mol. The number of hydrogen-bond donors (Lipinski definition) is 1. The number of aromatic nitrogens is 2. The van der Waals surface area contributed by atoms with Gasteiger partial charge in [-0.15, -0.1) is 0 Å². The van der Waals surface area contributed by atoms with Gasteiger partial charge in [-0.2, -0.15) is 5.26 Å². The first kappa shape index (κ1) is 23.4. The van der Waals surface area contributed by atoms with Crippen molar-refractivity contribution in [3.63, 3.8) is 0 Å². The van der Waals surface area contributed by atoms with Gasteiger partial charge in [0.2, 0.25) is 5.91 Å². The number of benzene rings is 2. The SMILES string of the molecule is CCCCCNC(=O)[C@@H](C#N)c1nc2ccccc2nc1N1CCN(c2ccc(F)cc2)CC1. The van der Waals surface area contributed by atoms with Gasteiger partial charge in [0.1, 0.15) is 11.5 Å². The van der Waals surface area contributed by atoms with Gasteiger partial charge >= 0.3 is 0 Å². The number of piperazine rings is 1. The van der Waals surface area contributed by atoms with Crippen LogP contribution in [0.2, 0.25) is 0 Å². The van der Waals surface area contributed by atoms with Crippen LogP contribution in [-0.4, -0.2) is 48.6 Å². The van der Waals surface area contributed by atoms with E-state index in [4.69, 9.17) is 9.97 Å². The molecule has 8 heteroatoms. The first-order chi connectivity index (χ1) is 16.6. The van der Waals surface area contributed by atoms with Crippen molar-refractivity contribution in [2.75, 3.05) is 42.5 Å². The quantitative estimate of drug-likeness (QED) is 0.512. The van der Waals surface area contributed by atoms with Crippen LogP contribution in [0.4, 0.5) is 15.9 Å². The van der Waals surface area contributed by atoms with Crippen molar-refractivity contribution in [2.45, 2.75) is 32.1 Å².